The average molecular weight is 259 g/mol. The minimum Gasteiger partial charge on any atom is -0.379 e. The van der Waals surface area contributed by atoms with Crippen LogP contribution in [-0.2, 0) is 6.42 Å². The topological polar surface area (TPSA) is 118 Å². The highest BCUT2D eigenvalue weighted by atomic mass is 16.6. The normalized spacial score (nSPS) is 9.84. The number of benzene rings is 1. The standard InChI is InChI=1S/C11H9N5O3/c12-6-8-1-2-10(16(17)18)9(5-8)13-4-3-11-14-7-19-15-11/h1-2,5,7,13H,3-4H2. The molecule has 0 fully saturated rings. The van der Waals surface area contributed by atoms with Crippen LogP contribution in [0.25, 0.3) is 0 Å². The maximum absolute atomic E-state index is 10.9. The molecule has 0 spiro atoms. The summed E-state index contributed by atoms with van der Waals surface area (Å²) in [5.41, 5.74) is 0.576. The fraction of sp³-hybridized carbons (Fsp3) is 0.182. The van der Waals surface area contributed by atoms with Gasteiger partial charge in [0.05, 0.1) is 16.6 Å². The van der Waals surface area contributed by atoms with Crippen LogP contribution in [0, 0.1) is 21.4 Å². The smallest absolute Gasteiger partial charge is 0.292 e. The second-order valence-electron chi connectivity index (χ2n) is 3.63. The van der Waals surface area contributed by atoms with Crippen LogP contribution in [0.1, 0.15) is 11.4 Å². The number of aromatic nitrogens is 2. The van der Waals surface area contributed by atoms with Gasteiger partial charge in [0.25, 0.3) is 5.69 Å². The molecule has 1 aromatic carbocycles. The number of hydrogen-bond donors (Lipinski definition) is 1. The Hall–Kier alpha value is -2.95. The van der Waals surface area contributed by atoms with Crippen molar-refractivity contribution in [3.63, 3.8) is 0 Å². The van der Waals surface area contributed by atoms with E-state index < -0.39 is 4.92 Å². The Morgan fingerprint density at radius 2 is 2.37 bits per heavy atom. The number of nitro groups is 1. The number of nitrogens with one attached hydrogen (secondary N) is 1. The van der Waals surface area contributed by atoms with E-state index in [4.69, 9.17) is 5.26 Å². The monoisotopic (exact) mass is 259 g/mol. The molecule has 0 aliphatic carbocycles. The minimum atomic E-state index is -0.502. The molecule has 2 aromatic rings. The molecule has 1 aromatic heterocycles. The second-order valence-corrected chi connectivity index (χ2v) is 3.63. The van der Waals surface area contributed by atoms with Crippen molar-refractivity contribution in [1.82, 2.24) is 10.1 Å². The van der Waals surface area contributed by atoms with Gasteiger partial charge in [-0.2, -0.15) is 10.2 Å². The van der Waals surface area contributed by atoms with E-state index in [0.717, 1.165) is 0 Å². The number of rotatable bonds is 5. The quantitative estimate of drug-likeness (QED) is 0.638. The van der Waals surface area contributed by atoms with Crippen molar-refractivity contribution in [3.05, 3.63) is 46.1 Å². The lowest BCUT2D eigenvalue weighted by molar-refractivity contribution is -0.384. The summed E-state index contributed by atoms with van der Waals surface area (Å²) in [6.45, 7) is 0.398. The van der Waals surface area contributed by atoms with E-state index in [-0.39, 0.29) is 5.69 Å². The fourth-order valence-corrected chi connectivity index (χ4v) is 1.52. The van der Waals surface area contributed by atoms with Gasteiger partial charge in [0.1, 0.15) is 5.69 Å². The van der Waals surface area contributed by atoms with E-state index in [2.05, 4.69) is 20.0 Å². The summed E-state index contributed by atoms with van der Waals surface area (Å²) in [6.07, 6.45) is 1.68. The van der Waals surface area contributed by atoms with Gasteiger partial charge >= 0.3 is 0 Å². The SMILES string of the molecule is N#Cc1ccc([N+](=O)[O-])c(NCCc2ncon2)c1. The van der Waals surface area contributed by atoms with Crippen LogP contribution in [0.5, 0.6) is 0 Å². The zero-order valence-corrected chi connectivity index (χ0v) is 9.74. The molecule has 0 saturated heterocycles. The second kappa shape index (κ2) is 5.59. The maximum atomic E-state index is 10.9. The molecule has 8 nitrogen and oxygen atoms in total. The summed E-state index contributed by atoms with van der Waals surface area (Å²) in [5.74, 6) is 0.506. The molecule has 0 amide bonds. The van der Waals surface area contributed by atoms with Crippen molar-refractivity contribution in [2.75, 3.05) is 11.9 Å². The van der Waals surface area contributed by atoms with Gasteiger partial charge in [0, 0.05) is 19.0 Å². The Morgan fingerprint density at radius 3 is 3.00 bits per heavy atom. The van der Waals surface area contributed by atoms with Crippen LogP contribution >= 0.6 is 0 Å². The van der Waals surface area contributed by atoms with Gasteiger partial charge < -0.3 is 9.84 Å². The van der Waals surface area contributed by atoms with E-state index >= 15 is 0 Å². The molecule has 0 aliphatic heterocycles. The number of hydrogen-bond acceptors (Lipinski definition) is 7. The molecule has 1 N–H and O–H groups in total. The molecule has 0 saturated carbocycles. The van der Waals surface area contributed by atoms with Gasteiger partial charge in [-0.15, -0.1) is 0 Å². The molecule has 1 heterocycles. The highest BCUT2D eigenvalue weighted by Gasteiger charge is 2.14. The van der Waals surface area contributed by atoms with E-state index in [9.17, 15) is 10.1 Å². The molecule has 8 heteroatoms. The van der Waals surface area contributed by atoms with Crippen molar-refractivity contribution >= 4 is 11.4 Å². The summed E-state index contributed by atoms with van der Waals surface area (Å²) in [6, 6.07) is 6.08. The van der Waals surface area contributed by atoms with Crippen LogP contribution in [0.15, 0.2) is 29.1 Å². The Kier molecular flexibility index (Phi) is 3.68. The first-order chi connectivity index (χ1) is 9.20. The largest absolute Gasteiger partial charge is 0.379 e. The van der Waals surface area contributed by atoms with Gasteiger partial charge in [-0.3, -0.25) is 10.1 Å². The number of nitriles is 1. The van der Waals surface area contributed by atoms with Gasteiger partial charge in [-0.05, 0) is 12.1 Å². The molecule has 0 bridgehead atoms. The van der Waals surface area contributed by atoms with Crippen LogP contribution in [0.4, 0.5) is 11.4 Å². The highest BCUT2D eigenvalue weighted by molar-refractivity contribution is 5.64. The third-order valence-corrected chi connectivity index (χ3v) is 2.39. The summed E-state index contributed by atoms with van der Waals surface area (Å²) < 4.78 is 4.58. The highest BCUT2D eigenvalue weighted by Crippen LogP contribution is 2.25. The summed E-state index contributed by atoms with van der Waals surface area (Å²) in [7, 11) is 0. The molecule has 0 radical (unpaired) electrons. The third kappa shape index (κ3) is 3.04. The Labute approximate surface area is 107 Å². The average Bonchev–Trinajstić information content (AvgIpc) is 2.91. The first-order valence-corrected chi connectivity index (χ1v) is 5.38. The van der Waals surface area contributed by atoms with Gasteiger partial charge in [0.2, 0.25) is 6.39 Å². The lowest BCUT2D eigenvalue weighted by Crippen LogP contribution is -2.08. The first kappa shape index (κ1) is 12.5. The molecular formula is C11H9N5O3. The van der Waals surface area contributed by atoms with Gasteiger partial charge in [-0.1, -0.05) is 5.16 Å². The van der Waals surface area contributed by atoms with Crippen molar-refractivity contribution in [2.45, 2.75) is 6.42 Å². The number of nitro benzene ring substituents is 1. The van der Waals surface area contributed by atoms with Gasteiger partial charge in [-0.25, -0.2) is 0 Å². The van der Waals surface area contributed by atoms with E-state index in [1.54, 1.807) is 0 Å². The summed E-state index contributed by atoms with van der Waals surface area (Å²) >= 11 is 0. The predicted molar refractivity (Wildman–Crippen MR) is 64.3 cm³/mol. The number of anilines is 1. The molecule has 2 rings (SSSR count). The van der Waals surface area contributed by atoms with E-state index in [1.165, 1.54) is 24.6 Å². The van der Waals surface area contributed by atoms with Crippen molar-refractivity contribution in [3.8, 4) is 6.07 Å². The Bertz CT molecular complexity index is 618. The van der Waals surface area contributed by atoms with E-state index in [1.807, 2.05) is 6.07 Å². The molecule has 0 unspecified atom stereocenters. The molecule has 0 atom stereocenters. The summed E-state index contributed by atoms with van der Waals surface area (Å²) in [5, 5.41) is 26.2. The third-order valence-electron chi connectivity index (χ3n) is 2.39. The zero-order chi connectivity index (χ0) is 13.7. The van der Waals surface area contributed by atoms with Crippen LogP contribution < -0.4 is 5.32 Å². The van der Waals surface area contributed by atoms with E-state index in [0.29, 0.717) is 30.0 Å². The van der Waals surface area contributed by atoms with Crippen molar-refractivity contribution < 1.29 is 9.45 Å². The predicted octanol–water partition coefficient (Wildman–Crippen LogP) is 1.50. The molecule has 96 valence electrons. The Balaban J connectivity index is 2.09. The summed E-state index contributed by atoms with van der Waals surface area (Å²) in [4.78, 5) is 14.2. The number of nitrogens with zero attached hydrogens (tertiary/aromatic N) is 4. The zero-order valence-electron chi connectivity index (χ0n) is 9.74. The lowest BCUT2D eigenvalue weighted by atomic mass is 10.2. The first-order valence-electron chi connectivity index (χ1n) is 5.38. The molecule has 0 aliphatic rings. The maximum Gasteiger partial charge on any atom is 0.292 e. The minimum absolute atomic E-state index is 0.0767. The van der Waals surface area contributed by atoms with Crippen LogP contribution in [0.3, 0.4) is 0 Å². The van der Waals surface area contributed by atoms with Crippen LogP contribution in [0.2, 0.25) is 0 Å². The fourth-order valence-electron chi connectivity index (χ4n) is 1.52. The molecular weight excluding hydrogens is 250 g/mol. The lowest BCUT2D eigenvalue weighted by Gasteiger charge is -2.05. The van der Waals surface area contributed by atoms with Crippen LogP contribution in [-0.4, -0.2) is 21.6 Å². The van der Waals surface area contributed by atoms with Crippen molar-refractivity contribution in [2.24, 2.45) is 0 Å². The van der Waals surface area contributed by atoms with Crippen molar-refractivity contribution in [1.29, 1.82) is 5.26 Å². The van der Waals surface area contributed by atoms with Gasteiger partial charge in [0.15, 0.2) is 5.82 Å². The molecule has 19 heavy (non-hydrogen) atoms. The Morgan fingerprint density at radius 1 is 1.53 bits per heavy atom.